The van der Waals surface area contributed by atoms with Crippen molar-refractivity contribution in [1.29, 1.82) is 0 Å². The van der Waals surface area contributed by atoms with Crippen LogP contribution in [0.3, 0.4) is 0 Å². The largest absolute Gasteiger partial charge is 0.495 e. The molecule has 0 bridgehead atoms. The Morgan fingerprint density at radius 3 is 2.56 bits per heavy atom. The van der Waals surface area contributed by atoms with Crippen molar-refractivity contribution < 1.29 is 18.7 Å². The summed E-state index contributed by atoms with van der Waals surface area (Å²) in [5, 5.41) is 6.31. The maximum Gasteiger partial charge on any atom is 0.221 e. The molecule has 0 aliphatic rings. The molecule has 1 aromatic heterocycles. The Morgan fingerprint density at radius 2 is 2.00 bits per heavy atom. The molecule has 0 fully saturated rings. The number of nitrogens with one attached hydrogen (secondary N) is 2. The second kappa shape index (κ2) is 8.69. The van der Waals surface area contributed by atoms with Crippen molar-refractivity contribution >= 4 is 11.6 Å². The third kappa shape index (κ3) is 5.08. The number of rotatable bonds is 8. The van der Waals surface area contributed by atoms with Gasteiger partial charge in [0.1, 0.15) is 17.3 Å². The minimum Gasteiger partial charge on any atom is -0.495 e. The summed E-state index contributed by atoms with van der Waals surface area (Å²) >= 11 is 0. The van der Waals surface area contributed by atoms with Crippen molar-refractivity contribution in [2.24, 2.45) is 0 Å². The molecule has 0 radical (unpaired) electrons. The molecular weight excluding hydrogens is 320 g/mol. The molecule has 2 atom stereocenters. The number of hydrogen-bond donors (Lipinski definition) is 2. The number of carbonyl (C=O) groups is 1. The quantitative estimate of drug-likeness (QED) is 0.764. The van der Waals surface area contributed by atoms with Crippen LogP contribution in [0.25, 0.3) is 0 Å². The number of carbonyl (C=O) groups excluding carboxylic acids is 1. The van der Waals surface area contributed by atoms with Gasteiger partial charge in [-0.05, 0) is 43.7 Å². The predicted molar refractivity (Wildman–Crippen MR) is 96.9 cm³/mol. The van der Waals surface area contributed by atoms with Crippen LogP contribution in [-0.2, 0) is 9.53 Å². The van der Waals surface area contributed by atoms with Crippen LogP contribution in [0.4, 0.5) is 5.69 Å². The fourth-order valence-corrected chi connectivity index (χ4v) is 2.70. The van der Waals surface area contributed by atoms with Crippen LogP contribution < -0.4 is 15.4 Å². The Labute approximate surface area is 148 Å². The number of furan rings is 1. The summed E-state index contributed by atoms with van der Waals surface area (Å²) in [4.78, 5) is 11.4. The lowest BCUT2D eigenvalue weighted by Crippen LogP contribution is -2.27. The molecule has 0 spiro atoms. The Hall–Kier alpha value is -2.31. The molecule has 0 saturated carbocycles. The van der Waals surface area contributed by atoms with Gasteiger partial charge >= 0.3 is 0 Å². The van der Waals surface area contributed by atoms with Gasteiger partial charge in [0.25, 0.3) is 0 Å². The van der Waals surface area contributed by atoms with Crippen molar-refractivity contribution in [2.75, 3.05) is 26.1 Å². The van der Waals surface area contributed by atoms with Gasteiger partial charge in [-0.25, -0.2) is 0 Å². The molecule has 0 aliphatic heterocycles. The number of ether oxygens (including phenoxy) is 2. The zero-order chi connectivity index (χ0) is 18.4. The Morgan fingerprint density at radius 1 is 1.24 bits per heavy atom. The van der Waals surface area contributed by atoms with Gasteiger partial charge in [0, 0.05) is 20.1 Å². The molecule has 0 aliphatic carbocycles. The minimum absolute atomic E-state index is 0.0176. The summed E-state index contributed by atoms with van der Waals surface area (Å²) in [6.07, 6.45) is 0. The topological polar surface area (TPSA) is 72.7 Å². The number of anilines is 1. The zero-order valence-electron chi connectivity index (χ0n) is 15.4. The molecule has 136 valence electrons. The van der Waals surface area contributed by atoms with E-state index in [2.05, 4.69) is 17.6 Å². The van der Waals surface area contributed by atoms with E-state index in [1.54, 1.807) is 14.2 Å². The molecule has 0 unspecified atom stereocenters. The number of benzene rings is 1. The Bertz CT molecular complexity index is 711. The molecular formula is C19H26N2O4. The van der Waals surface area contributed by atoms with Gasteiger partial charge in [0.05, 0.1) is 25.4 Å². The normalized spacial score (nSPS) is 13.3. The molecule has 2 rings (SSSR count). The van der Waals surface area contributed by atoms with Crippen LogP contribution in [0.1, 0.15) is 43.0 Å². The van der Waals surface area contributed by atoms with Gasteiger partial charge < -0.3 is 19.2 Å². The maximum absolute atomic E-state index is 11.4. The van der Waals surface area contributed by atoms with E-state index in [4.69, 9.17) is 13.9 Å². The molecule has 25 heavy (non-hydrogen) atoms. The molecule has 1 heterocycles. The van der Waals surface area contributed by atoms with E-state index in [1.807, 2.05) is 37.3 Å². The van der Waals surface area contributed by atoms with Crippen molar-refractivity contribution in [2.45, 2.75) is 32.9 Å². The smallest absolute Gasteiger partial charge is 0.221 e. The number of methoxy groups -OCH3 is 2. The highest BCUT2D eigenvalue weighted by atomic mass is 16.5. The number of aryl methyl sites for hydroxylation is 1. The highest BCUT2D eigenvalue weighted by Crippen LogP contribution is 2.29. The fourth-order valence-electron chi connectivity index (χ4n) is 2.70. The molecule has 0 saturated heterocycles. The highest BCUT2D eigenvalue weighted by molar-refractivity contribution is 5.90. The molecule has 6 heteroatoms. The van der Waals surface area contributed by atoms with Crippen molar-refractivity contribution in [3.05, 3.63) is 47.4 Å². The summed E-state index contributed by atoms with van der Waals surface area (Å²) < 4.78 is 16.3. The minimum atomic E-state index is -0.139. The summed E-state index contributed by atoms with van der Waals surface area (Å²) in [6.45, 7) is 5.94. The summed E-state index contributed by atoms with van der Waals surface area (Å²) in [5.74, 6) is 2.19. The lowest BCUT2D eigenvalue weighted by atomic mass is 10.1. The van der Waals surface area contributed by atoms with Gasteiger partial charge in [0.15, 0.2) is 0 Å². The standard InChI is InChI=1S/C19H26N2O4/c1-12-6-8-19(25-12)17(11-23-4)20-13(2)15-7-9-18(24-5)16(10-15)21-14(3)22/h6-10,13,17,20H,11H2,1-5H3,(H,21,22)/t13-,17+/m0/s1. The van der Waals surface area contributed by atoms with Gasteiger partial charge in [-0.1, -0.05) is 6.07 Å². The van der Waals surface area contributed by atoms with Gasteiger partial charge in [-0.15, -0.1) is 0 Å². The SMILES string of the molecule is COC[C@@H](N[C@@H](C)c1ccc(OC)c(NC(C)=O)c1)c1ccc(C)o1. The van der Waals surface area contributed by atoms with Crippen LogP contribution in [-0.4, -0.2) is 26.7 Å². The summed E-state index contributed by atoms with van der Waals surface area (Å²) in [6, 6.07) is 9.57. The van der Waals surface area contributed by atoms with Crippen LogP contribution >= 0.6 is 0 Å². The number of amides is 1. The van der Waals surface area contributed by atoms with E-state index in [0.717, 1.165) is 17.1 Å². The van der Waals surface area contributed by atoms with Crippen LogP contribution in [0, 0.1) is 6.92 Å². The average Bonchev–Trinajstić information content (AvgIpc) is 3.00. The second-order valence-corrected chi connectivity index (χ2v) is 5.99. The van der Waals surface area contributed by atoms with E-state index in [0.29, 0.717) is 18.0 Å². The highest BCUT2D eigenvalue weighted by Gasteiger charge is 2.19. The van der Waals surface area contributed by atoms with Gasteiger partial charge in [-0.2, -0.15) is 0 Å². The first-order valence-corrected chi connectivity index (χ1v) is 8.21. The lowest BCUT2D eigenvalue weighted by molar-refractivity contribution is -0.114. The van der Waals surface area contributed by atoms with Crippen LogP contribution in [0.2, 0.25) is 0 Å². The predicted octanol–water partition coefficient (Wildman–Crippen LogP) is 3.59. The molecule has 6 nitrogen and oxygen atoms in total. The van der Waals surface area contributed by atoms with E-state index in [1.165, 1.54) is 6.92 Å². The Kier molecular flexibility index (Phi) is 6.61. The second-order valence-electron chi connectivity index (χ2n) is 5.99. The number of hydrogen-bond acceptors (Lipinski definition) is 5. The molecule has 1 amide bonds. The van der Waals surface area contributed by atoms with Crippen molar-refractivity contribution in [1.82, 2.24) is 5.32 Å². The van der Waals surface area contributed by atoms with Crippen molar-refractivity contribution in [3.8, 4) is 5.75 Å². The molecule has 1 aromatic carbocycles. The molecule has 2 aromatic rings. The first-order chi connectivity index (χ1) is 11.9. The first kappa shape index (κ1) is 19.0. The maximum atomic E-state index is 11.4. The van der Waals surface area contributed by atoms with Crippen LogP contribution in [0.15, 0.2) is 34.7 Å². The zero-order valence-corrected chi connectivity index (χ0v) is 15.4. The van der Waals surface area contributed by atoms with E-state index in [-0.39, 0.29) is 18.0 Å². The van der Waals surface area contributed by atoms with Gasteiger partial charge in [-0.3, -0.25) is 10.1 Å². The average molecular weight is 346 g/mol. The van der Waals surface area contributed by atoms with Crippen LogP contribution in [0.5, 0.6) is 5.75 Å². The molecule has 2 N–H and O–H groups in total. The first-order valence-electron chi connectivity index (χ1n) is 8.21. The van der Waals surface area contributed by atoms with Crippen molar-refractivity contribution in [3.63, 3.8) is 0 Å². The fraction of sp³-hybridized carbons (Fsp3) is 0.421. The Balaban J connectivity index is 2.20. The lowest BCUT2D eigenvalue weighted by Gasteiger charge is -2.22. The summed E-state index contributed by atoms with van der Waals surface area (Å²) in [7, 11) is 3.24. The van der Waals surface area contributed by atoms with Gasteiger partial charge in [0.2, 0.25) is 5.91 Å². The van der Waals surface area contributed by atoms with E-state index in [9.17, 15) is 4.79 Å². The van der Waals surface area contributed by atoms with E-state index >= 15 is 0 Å². The monoisotopic (exact) mass is 346 g/mol. The van der Waals surface area contributed by atoms with E-state index < -0.39 is 0 Å². The third-order valence-electron chi connectivity index (χ3n) is 3.92. The third-order valence-corrected chi connectivity index (χ3v) is 3.92. The summed E-state index contributed by atoms with van der Waals surface area (Å²) in [5.41, 5.74) is 1.67.